The van der Waals surface area contributed by atoms with E-state index in [0.717, 1.165) is 4.47 Å². The van der Waals surface area contributed by atoms with Gasteiger partial charge in [-0.2, -0.15) is 0 Å². The molecule has 0 saturated heterocycles. The Labute approximate surface area is 116 Å². The molecule has 0 bridgehead atoms. The molecule has 2 heterocycles. The molecular formula is C13H8BrNO4. The average Bonchev–Trinajstić information content (AvgIpc) is 2.98. The molecule has 96 valence electrons. The summed E-state index contributed by atoms with van der Waals surface area (Å²) in [5.74, 6) is -0.965. The molecule has 0 aliphatic carbocycles. The smallest absolute Gasteiger partial charge is 0.375 e. The Balaban J connectivity index is 1.87. The van der Waals surface area contributed by atoms with Gasteiger partial charge in [0.25, 0.3) is 5.91 Å². The van der Waals surface area contributed by atoms with Crippen molar-refractivity contribution < 1.29 is 18.7 Å². The third-order valence-corrected chi connectivity index (χ3v) is 3.23. The topological polar surface area (TPSA) is 68.5 Å². The van der Waals surface area contributed by atoms with Gasteiger partial charge in [0.1, 0.15) is 0 Å². The SMILES string of the molecule is O=C(O[C@@H]1C(=O)Nc2cc(Br)ccc21)c1ccco1. The fourth-order valence-corrected chi connectivity index (χ4v) is 2.24. The van der Waals surface area contributed by atoms with Gasteiger partial charge >= 0.3 is 5.97 Å². The molecule has 0 unspecified atom stereocenters. The minimum atomic E-state index is -0.944. The highest BCUT2D eigenvalue weighted by atomic mass is 79.9. The number of amides is 1. The zero-order valence-electron chi connectivity index (χ0n) is 9.55. The van der Waals surface area contributed by atoms with Gasteiger partial charge in [-0.1, -0.05) is 22.0 Å². The van der Waals surface area contributed by atoms with E-state index in [9.17, 15) is 9.59 Å². The molecule has 1 N–H and O–H groups in total. The molecule has 1 aliphatic heterocycles. The summed E-state index contributed by atoms with van der Waals surface area (Å²) in [5.41, 5.74) is 1.27. The summed E-state index contributed by atoms with van der Waals surface area (Å²) < 4.78 is 10.9. The Kier molecular flexibility index (Phi) is 2.87. The highest BCUT2D eigenvalue weighted by Gasteiger charge is 2.34. The number of hydrogen-bond acceptors (Lipinski definition) is 4. The molecule has 2 aromatic rings. The zero-order chi connectivity index (χ0) is 13.4. The standard InChI is InChI=1S/C13H8BrNO4/c14-7-3-4-8-9(6-7)15-12(16)11(8)19-13(17)10-2-1-5-18-10/h1-6,11H,(H,15,16)/t11-/m0/s1. The molecule has 0 saturated carbocycles. The van der Waals surface area contributed by atoms with Crippen molar-refractivity contribution in [1.29, 1.82) is 0 Å². The number of carbonyl (C=O) groups excluding carboxylic acids is 2. The number of carbonyl (C=O) groups is 2. The molecule has 6 heteroatoms. The fraction of sp³-hybridized carbons (Fsp3) is 0.0769. The van der Waals surface area contributed by atoms with Crippen LogP contribution >= 0.6 is 15.9 Å². The maximum absolute atomic E-state index is 11.8. The molecule has 0 fully saturated rings. The summed E-state index contributed by atoms with van der Waals surface area (Å²) in [5, 5.41) is 2.66. The predicted octanol–water partition coefficient (Wildman–Crippen LogP) is 2.89. The number of fused-ring (bicyclic) bond motifs is 1. The number of nitrogens with one attached hydrogen (secondary N) is 1. The second-order valence-electron chi connectivity index (χ2n) is 3.98. The number of anilines is 1. The van der Waals surface area contributed by atoms with Crippen LogP contribution in [0.25, 0.3) is 0 Å². The van der Waals surface area contributed by atoms with E-state index in [1.165, 1.54) is 12.3 Å². The lowest BCUT2D eigenvalue weighted by atomic mass is 10.1. The molecule has 1 aromatic carbocycles. The number of halogens is 1. The van der Waals surface area contributed by atoms with Gasteiger partial charge in [-0.15, -0.1) is 0 Å². The van der Waals surface area contributed by atoms with Crippen molar-refractivity contribution >= 4 is 33.5 Å². The van der Waals surface area contributed by atoms with Gasteiger partial charge in [0.2, 0.25) is 11.9 Å². The number of rotatable bonds is 2. The van der Waals surface area contributed by atoms with Crippen LogP contribution in [0.2, 0.25) is 0 Å². The molecule has 0 spiro atoms. The van der Waals surface area contributed by atoms with E-state index in [-0.39, 0.29) is 11.7 Å². The second-order valence-corrected chi connectivity index (χ2v) is 4.90. The lowest BCUT2D eigenvalue weighted by Gasteiger charge is -2.09. The van der Waals surface area contributed by atoms with Gasteiger partial charge in [-0.3, -0.25) is 4.79 Å². The first-order valence-corrected chi connectivity index (χ1v) is 6.29. The van der Waals surface area contributed by atoms with Crippen molar-refractivity contribution in [2.45, 2.75) is 6.10 Å². The van der Waals surface area contributed by atoms with E-state index in [2.05, 4.69) is 21.2 Å². The van der Waals surface area contributed by atoms with Crippen LogP contribution in [0.1, 0.15) is 22.2 Å². The van der Waals surface area contributed by atoms with Gasteiger partial charge < -0.3 is 14.5 Å². The Morgan fingerprint density at radius 1 is 1.37 bits per heavy atom. The van der Waals surface area contributed by atoms with Gasteiger partial charge in [0.15, 0.2) is 0 Å². The van der Waals surface area contributed by atoms with Crippen LogP contribution in [0.5, 0.6) is 0 Å². The van der Waals surface area contributed by atoms with Gasteiger partial charge in [0, 0.05) is 15.7 Å². The summed E-state index contributed by atoms with van der Waals surface area (Å²) in [7, 11) is 0. The summed E-state index contributed by atoms with van der Waals surface area (Å²) in [4.78, 5) is 23.6. The van der Waals surface area contributed by atoms with Crippen molar-refractivity contribution in [2.75, 3.05) is 5.32 Å². The van der Waals surface area contributed by atoms with Crippen LogP contribution in [0, 0.1) is 0 Å². The quantitative estimate of drug-likeness (QED) is 0.863. The lowest BCUT2D eigenvalue weighted by molar-refractivity contribution is -0.124. The third kappa shape index (κ3) is 2.15. The minimum Gasteiger partial charge on any atom is -0.457 e. The molecular weight excluding hydrogens is 314 g/mol. The van der Waals surface area contributed by atoms with Crippen molar-refractivity contribution in [3.05, 3.63) is 52.4 Å². The van der Waals surface area contributed by atoms with Crippen molar-refractivity contribution in [3.8, 4) is 0 Å². The zero-order valence-corrected chi connectivity index (χ0v) is 11.1. The van der Waals surface area contributed by atoms with Gasteiger partial charge in [-0.25, -0.2) is 4.79 Å². The second kappa shape index (κ2) is 4.55. The summed E-state index contributed by atoms with van der Waals surface area (Å²) in [6.07, 6.45) is 0.428. The van der Waals surface area contributed by atoms with E-state index >= 15 is 0 Å². The summed E-state index contributed by atoms with van der Waals surface area (Å²) in [6.45, 7) is 0. The first kappa shape index (κ1) is 12.0. The van der Waals surface area contributed by atoms with E-state index < -0.39 is 12.1 Å². The summed E-state index contributed by atoms with van der Waals surface area (Å²) >= 11 is 3.31. The molecule has 1 amide bonds. The Morgan fingerprint density at radius 2 is 2.21 bits per heavy atom. The summed E-state index contributed by atoms with van der Waals surface area (Å²) in [6, 6.07) is 8.34. The fourth-order valence-electron chi connectivity index (χ4n) is 1.88. The third-order valence-electron chi connectivity index (χ3n) is 2.74. The Morgan fingerprint density at radius 3 is 2.95 bits per heavy atom. The van der Waals surface area contributed by atoms with Crippen molar-refractivity contribution in [3.63, 3.8) is 0 Å². The van der Waals surface area contributed by atoms with Crippen molar-refractivity contribution in [1.82, 2.24) is 0 Å². The largest absolute Gasteiger partial charge is 0.457 e. The first-order chi connectivity index (χ1) is 9.15. The Bertz CT molecular complexity index is 651. The van der Waals surface area contributed by atoms with Crippen LogP contribution < -0.4 is 5.32 Å². The molecule has 1 atom stereocenters. The van der Waals surface area contributed by atoms with Gasteiger partial charge in [-0.05, 0) is 24.3 Å². The number of furan rings is 1. The van der Waals surface area contributed by atoms with E-state index in [1.54, 1.807) is 24.3 Å². The number of hydrogen-bond donors (Lipinski definition) is 1. The monoisotopic (exact) mass is 321 g/mol. The van der Waals surface area contributed by atoms with Gasteiger partial charge in [0.05, 0.1) is 6.26 Å². The van der Waals surface area contributed by atoms with Crippen LogP contribution in [0.4, 0.5) is 5.69 Å². The highest BCUT2D eigenvalue weighted by molar-refractivity contribution is 9.10. The molecule has 3 rings (SSSR count). The van der Waals surface area contributed by atoms with Crippen LogP contribution in [0.3, 0.4) is 0 Å². The predicted molar refractivity (Wildman–Crippen MR) is 69.6 cm³/mol. The Hall–Kier alpha value is -2.08. The molecule has 1 aromatic heterocycles. The van der Waals surface area contributed by atoms with E-state index in [4.69, 9.17) is 9.15 Å². The highest BCUT2D eigenvalue weighted by Crippen LogP contribution is 2.35. The average molecular weight is 322 g/mol. The van der Waals surface area contributed by atoms with E-state index in [0.29, 0.717) is 11.3 Å². The van der Waals surface area contributed by atoms with Crippen LogP contribution in [-0.4, -0.2) is 11.9 Å². The van der Waals surface area contributed by atoms with Crippen molar-refractivity contribution in [2.24, 2.45) is 0 Å². The van der Waals surface area contributed by atoms with Crippen LogP contribution in [-0.2, 0) is 9.53 Å². The molecule has 5 nitrogen and oxygen atoms in total. The molecule has 1 aliphatic rings. The molecule has 19 heavy (non-hydrogen) atoms. The number of ether oxygens (including phenoxy) is 1. The van der Waals surface area contributed by atoms with E-state index in [1.807, 2.05) is 0 Å². The maximum atomic E-state index is 11.8. The lowest BCUT2D eigenvalue weighted by Crippen LogP contribution is -2.18. The normalized spacial score (nSPS) is 16.9. The van der Waals surface area contributed by atoms with Crippen LogP contribution in [0.15, 0.2) is 45.5 Å². The number of benzene rings is 1. The maximum Gasteiger partial charge on any atom is 0.375 e. The number of esters is 1. The minimum absolute atomic E-state index is 0.0679. The molecule has 0 radical (unpaired) electrons. The first-order valence-electron chi connectivity index (χ1n) is 5.50.